The van der Waals surface area contributed by atoms with E-state index in [1.54, 1.807) is 0 Å². The second-order valence-electron chi connectivity index (χ2n) is 4.57. The lowest BCUT2D eigenvalue weighted by Gasteiger charge is -2.32. The van der Waals surface area contributed by atoms with Crippen LogP contribution < -0.4 is 5.32 Å². The maximum atomic E-state index is 9.15. The molecule has 0 rings (SSSR count). The molecule has 100 valence electrons. The summed E-state index contributed by atoms with van der Waals surface area (Å²) >= 11 is 0. The largest absolute Gasteiger partial charge is 0.380 e. The Morgan fingerprint density at radius 3 is 2.53 bits per heavy atom. The molecule has 2 unspecified atom stereocenters. The number of rotatable bonds is 9. The van der Waals surface area contributed by atoms with Crippen LogP contribution in [-0.2, 0) is 4.74 Å². The van der Waals surface area contributed by atoms with E-state index in [9.17, 15) is 0 Å². The molecule has 0 saturated heterocycles. The van der Waals surface area contributed by atoms with E-state index in [2.05, 4.69) is 30.1 Å². The Kier molecular flexibility index (Phi) is 8.15. The second kappa shape index (κ2) is 8.46. The lowest BCUT2D eigenvalue weighted by Crippen LogP contribution is -2.46. The Hall–Kier alpha value is -0.630. The summed E-state index contributed by atoms with van der Waals surface area (Å²) in [5, 5.41) is 12.2. The van der Waals surface area contributed by atoms with Gasteiger partial charge in [0, 0.05) is 19.2 Å². The number of nitriles is 1. The molecule has 0 bridgehead atoms. The monoisotopic (exact) mass is 241 g/mol. The van der Waals surface area contributed by atoms with Crippen LogP contribution in [0.1, 0.15) is 34.1 Å². The molecule has 0 radical (unpaired) electrons. The first kappa shape index (κ1) is 16.4. The van der Waals surface area contributed by atoms with Gasteiger partial charge in [0.05, 0.1) is 12.7 Å². The molecule has 0 aromatic heterocycles. The van der Waals surface area contributed by atoms with Crippen LogP contribution in [0.4, 0.5) is 0 Å². The van der Waals surface area contributed by atoms with Crippen molar-refractivity contribution in [3.05, 3.63) is 0 Å². The van der Waals surface area contributed by atoms with Gasteiger partial charge in [-0.25, -0.2) is 0 Å². The maximum absolute atomic E-state index is 9.15. The summed E-state index contributed by atoms with van der Waals surface area (Å²) in [5.74, 6) is 0. The summed E-state index contributed by atoms with van der Waals surface area (Å²) < 4.78 is 5.38. The minimum atomic E-state index is -0.446. The topological polar surface area (TPSA) is 48.3 Å². The summed E-state index contributed by atoms with van der Waals surface area (Å²) in [6.07, 6.45) is 0.819. The van der Waals surface area contributed by atoms with Crippen LogP contribution in [0.5, 0.6) is 0 Å². The molecule has 0 aromatic carbocycles. The zero-order valence-corrected chi connectivity index (χ0v) is 11.9. The molecule has 1 N–H and O–H groups in total. The van der Waals surface area contributed by atoms with Crippen molar-refractivity contribution in [2.75, 3.05) is 33.4 Å². The number of hydrogen-bond acceptors (Lipinski definition) is 4. The van der Waals surface area contributed by atoms with Gasteiger partial charge in [0.25, 0.3) is 0 Å². The molecule has 2 atom stereocenters. The van der Waals surface area contributed by atoms with E-state index in [0.29, 0.717) is 6.04 Å². The fraction of sp³-hybridized carbons (Fsp3) is 0.923. The van der Waals surface area contributed by atoms with Crippen molar-refractivity contribution >= 4 is 0 Å². The van der Waals surface area contributed by atoms with E-state index in [1.165, 1.54) is 0 Å². The van der Waals surface area contributed by atoms with Crippen LogP contribution in [0.25, 0.3) is 0 Å². The molecule has 4 heteroatoms. The SMILES string of the molecule is CCOCCN(CC)C(C)CC(C)(C#N)NC. The van der Waals surface area contributed by atoms with Gasteiger partial charge < -0.3 is 10.1 Å². The standard InChI is InChI=1S/C13H27N3O/c1-6-16(8-9-17-7-2)12(3)10-13(4,11-14)15-5/h12,15H,6-10H2,1-5H3. The van der Waals surface area contributed by atoms with Crippen LogP contribution in [0, 0.1) is 11.3 Å². The van der Waals surface area contributed by atoms with Gasteiger partial charge in [0.1, 0.15) is 5.54 Å². The van der Waals surface area contributed by atoms with E-state index in [1.807, 2.05) is 20.9 Å². The Bertz CT molecular complexity index is 239. The Morgan fingerprint density at radius 2 is 2.12 bits per heavy atom. The fourth-order valence-electron chi connectivity index (χ4n) is 1.94. The van der Waals surface area contributed by atoms with Gasteiger partial charge in [0.2, 0.25) is 0 Å². The van der Waals surface area contributed by atoms with Gasteiger partial charge in [-0.15, -0.1) is 0 Å². The zero-order chi connectivity index (χ0) is 13.3. The quantitative estimate of drug-likeness (QED) is 0.623. The van der Waals surface area contributed by atoms with Gasteiger partial charge >= 0.3 is 0 Å². The number of nitrogens with one attached hydrogen (secondary N) is 1. The molecule has 0 aromatic rings. The normalized spacial score (nSPS) is 16.5. The van der Waals surface area contributed by atoms with E-state index in [-0.39, 0.29) is 0 Å². The zero-order valence-electron chi connectivity index (χ0n) is 11.9. The first-order valence-corrected chi connectivity index (χ1v) is 6.44. The Morgan fingerprint density at radius 1 is 1.47 bits per heavy atom. The van der Waals surface area contributed by atoms with Crippen LogP contribution >= 0.6 is 0 Å². The molecule has 0 fully saturated rings. The van der Waals surface area contributed by atoms with Crippen molar-refractivity contribution in [1.29, 1.82) is 5.26 Å². The van der Waals surface area contributed by atoms with Gasteiger partial charge in [-0.3, -0.25) is 4.90 Å². The molecule has 0 aliphatic rings. The van der Waals surface area contributed by atoms with E-state index >= 15 is 0 Å². The van der Waals surface area contributed by atoms with Crippen LogP contribution in [-0.4, -0.2) is 49.8 Å². The highest BCUT2D eigenvalue weighted by molar-refractivity contribution is 5.04. The van der Waals surface area contributed by atoms with Crippen LogP contribution in [0.2, 0.25) is 0 Å². The first-order chi connectivity index (χ1) is 8.02. The molecule has 0 spiro atoms. The maximum Gasteiger partial charge on any atom is 0.105 e. The van der Waals surface area contributed by atoms with Crippen molar-refractivity contribution in [1.82, 2.24) is 10.2 Å². The number of likely N-dealkylation sites (N-methyl/N-ethyl adjacent to an activating group) is 1. The molecule has 0 saturated carbocycles. The summed E-state index contributed by atoms with van der Waals surface area (Å²) in [6.45, 7) is 11.7. The van der Waals surface area contributed by atoms with Crippen LogP contribution in [0.15, 0.2) is 0 Å². The Labute approximate surface area is 106 Å². The van der Waals surface area contributed by atoms with E-state index < -0.39 is 5.54 Å². The highest BCUT2D eigenvalue weighted by Gasteiger charge is 2.26. The summed E-state index contributed by atoms with van der Waals surface area (Å²) in [6, 6.07) is 2.71. The summed E-state index contributed by atoms with van der Waals surface area (Å²) in [4.78, 5) is 2.35. The number of ether oxygens (including phenoxy) is 1. The van der Waals surface area contributed by atoms with Crippen molar-refractivity contribution in [2.45, 2.75) is 45.7 Å². The smallest absolute Gasteiger partial charge is 0.105 e. The van der Waals surface area contributed by atoms with Gasteiger partial charge in [-0.05, 0) is 40.8 Å². The third-order valence-electron chi connectivity index (χ3n) is 3.26. The summed E-state index contributed by atoms with van der Waals surface area (Å²) in [5.41, 5.74) is -0.446. The molecule has 0 amide bonds. The average Bonchev–Trinajstić information content (AvgIpc) is 2.34. The van der Waals surface area contributed by atoms with Gasteiger partial charge in [0.15, 0.2) is 0 Å². The molecule has 0 aliphatic carbocycles. The van der Waals surface area contributed by atoms with Crippen molar-refractivity contribution in [3.8, 4) is 6.07 Å². The highest BCUT2D eigenvalue weighted by atomic mass is 16.5. The number of hydrogen-bond donors (Lipinski definition) is 1. The molecule has 17 heavy (non-hydrogen) atoms. The minimum Gasteiger partial charge on any atom is -0.380 e. The average molecular weight is 241 g/mol. The van der Waals surface area contributed by atoms with Gasteiger partial charge in [-0.1, -0.05) is 6.92 Å². The van der Waals surface area contributed by atoms with E-state index in [0.717, 1.165) is 32.7 Å². The third kappa shape index (κ3) is 6.02. The minimum absolute atomic E-state index is 0.373. The highest BCUT2D eigenvalue weighted by Crippen LogP contribution is 2.15. The van der Waals surface area contributed by atoms with Crippen LogP contribution in [0.3, 0.4) is 0 Å². The molecular formula is C13H27N3O. The van der Waals surface area contributed by atoms with Crippen molar-refractivity contribution < 1.29 is 4.74 Å². The lowest BCUT2D eigenvalue weighted by atomic mass is 9.95. The molecule has 0 heterocycles. The van der Waals surface area contributed by atoms with Crippen molar-refractivity contribution in [3.63, 3.8) is 0 Å². The predicted octanol–water partition coefficient (Wildman–Crippen LogP) is 1.63. The second-order valence-corrected chi connectivity index (χ2v) is 4.57. The molecule has 0 aliphatic heterocycles. The lowest BCUT2D eigenvalue weighted by molar-refractivity contribution is 0.0936. The van der Waals surface area contributed by atoms with Crippen molar-refractivity contribution in [2.24, 2.45) is 0 Å². The third-order valence-corrected chi connectivity index (χ3v) is 3.26. The van der Waals surface area contributed by atoms with Gasteiger partial charge in [-0.2, -0.15) is 5.26 Å². The Balaban J connectivity index is 4.25. The fourth-order valence-corrected chi connectivity index (χ4v) is 1.94. The molecular weight excluding hydrogens is 214 g/mol. The van der Waals surface area contributed by atoms with E-state index in [4.69, 9.17) is 10.00 Å². The summed E-state index contributed by atoms with van der Waals surface area (Å²) in [7, 11) is 1.84. The molecule has 4 nitrogen and oxygen atoms in total. The number of nitrogens with zero attached hydrogens (tertiary/aromatic N) is 2. The first-order valence-electron chi connectivity index (χ1n) is 6.44. The predicted molar refractivity (Wildman–Crippen MR) is 70.9 cm³/mol.